The van der Waals surface area contributed by atoms with Crippen molar-refractivity contribution in [3.05, 3.63) is 0 Å². The molecule has 10 heteroatoms. The summed E-state index contributed by atoms with van der Waals surface area (Å²) in [5.41, 5.74) is 5.45. The topological polar surface area (TPSA) is 139 Å². The highest BCUT2D eigenvalue weighted by Crippen LogP contribution is 2.12. The summed E-state index contributed by atoms with van der Waals surface area (Å²) in [6, 6.07) is -0.297. The minimum atomic E-state index is -0.733. The molecule has 0 radical (unpaired) electrons. The molecule has 0 aromatic rings. The van der Waals surface area contributed by atoms with Gasteiger partial charge >= 0.3 is 5.97 Å². The van der Waals surface area contributed by atoms with Crippen LogP contribution in [0.1, 0.15) is 45.4 Å². The summed E-state index contributed by atoms with van der Waals surface area (Å²) in [5, 5.41) is 3.17. The Morgan fingerprint density at radius 2 is 1.81 bits per heavy atom. The molecule has 0 aliphatic carbocycles. The number of likely N-dealkylation sites (N-methyl/N-ethyl adjacent to an activating group) is 1. The molecular formula is C17H30N4O6. The smallest absolute Gasteiger partial charge is 0.334 e. The largest absolute Gasteiger partial charge is 0.354 e. The van der Waals surface area contributed by atoms with E-state index >= 15 is 0 Å². The van der Waals surface area contributed by atoms with E-state index in [1.54, 1.807) is 0 Å². The molecule has 1 aliphatic heterocycles. The standard InChI is InChI=1S/C15H26N4O5.C2H4O/c1-18(2)11(5-3-4-9-16)15(23)17-10-8-14(22)24-19-12(20)6-7-13(19)21;1-2-3/h11H,3-10,16H2,1-2H3,(H,17,23);2H,1H3/i9+1,16+1;1+1,2+1. The van der Waals surface area contributed by atoms with Gasteiger partial charge in [-0.2, -0.15) is 0 Å². The molecule has 10 nitrogen and oxygen atoms in total. The van der Waals surface area contributed by atoms with E-state index in [1.807, 2.05) is 19.0 Å². The molecule has 1 rings (SSSR count). The van der Waals surface area contributed by atoms with E-state index in [9.17, 15) is 19.2 Å². The molecule has 0 saturated carbocycles. The second-order valence-electron chi connectivity index (χ2n) is 6.09. The molecule has 3 N–H and O–H groups in total. The highest BCUT2D eigenvalue weighted by atomic mass is 16.7. The van der Waals surface area contributed by atoms with Crippen molar-refractivity contribution in [3.8, 4) is 0 Å². The zero-order valence-corrected chi connectivity index (χ0v) is 16.2. The highest BCUT2D eigenvalue weighted by molar-refractivity contribution is 6.01. The Balaban J connectivity index is 0.00000210. The van der Waals surface area contributed by atoms with Crippen LogP contribution in [-0.4, -0.2) is 73.2 Å². The van der Waals surface area contributed by atoms with Gasteiger partial charge in [-0.15, -0.1) is 5.06 Å². The van der Waals surface area contributed by atoms with Crippen LogP contribution in [0.2, 0.25) is 0 Å². The highest BCUT2D eigenvalue weighted by Gasteiger charge is 2.32. The third-order valence-corrected chi connectivity index (χ3v) is 3.68. The zero-order chi connectivity index (χ0) is 20.8. The van der Waals surface area contributed by atoms with Crippen molar-refractivity contribution in [2.75, 3.05) is 27.2 Å². The fourth-order valence-electron chi connectivity index (χ4n) is 2.32. The van der Waals surface area contributed by atoms with Gasteiger partial charge in [0.05, 0.1) is 12.5 Å². The monoisotopic (exact) mass is 390 g/mol. The second kappa shape index (κ2) is 13.8. The van der Waals surface area contributed by atoms with E-state index < -0.39 is 17.8 Å². The fourth-order valence-corrected chi connectivity index (χ4v) is 2.32. The Bertz CT molecular complexity index is 508. The first kappa shape index (κ1) is 24.7. The number of carbonyl (C=O) groups is 5. The summed E-state index contributed by atoms with van der Waals surface area (Å²) < 4.78 is 0. The van der Waals surface area contributed by atoms with Crippen molar-refractivity contribution in [2.24, 2.45) is 5.73 Å². The van der Waals surface area contributed by atoms with Crippen molar-refractivity contribution in [2.45, 2.75) is 51.5 Å². The number of nitrogens with one attached hydrogen (secondary N) is 1. The number of imide groups is 1. The molecule has 1 saturated heterocycles. The molecule has 0 spiro atoms. The van der Waals surface area contributed by atoms with Crippen LogP contribution in [0.4, 0.5) is 0 Å². The fraction of sp³-hybridized carbons (Fsp3) is 0.706. The third-order valence-electron chi connectivity index (χ3n) is 3.68. The van der Waals surface area contributed by atoms with Crippen molar-refractivity contribution >= 4 is 30.0 Å². The van der Waals surface area contributed by atoms with Gasteiger partial charge in [0.25, 0.3) is 11.8 Å². The Kier molecular flexibility index (Phi) is 12.6. The Morgan fingerprint density at radius 1 is 1.26 bits per heavy atom. The minimum Gasteiger partial charge on any atom is -0.354 e. The molecule has 1 heterocycles. The number of amides is 3. The van der Waals surface area contributed by atoms with E-state index in [1.165, 1.54) is 6.92 Å². The van der Waals surface area contributed by atoms with Crippen LogP contribution in [-0.2, 0) is 28.8 Å². The number of aldehydes is 1. The molecule has 1 fully saturated rings. The van der Waals surface area contributed by atoms with Crippen LogP contribution in [0, 0.1) is 0 Å². The maximum absolute atomic E-state index is 12.2. The molecule has 1 aliphatic rings. The molecule has 0 aromatic heterocycles. The number of hydroxylamine groups is 2. The molecule has 0 bridgehead atoms. The lowest BCUT2D eigenvalue weighted by atomic mass is 10.1. The summed E-state index contributed by atoms with van der Waals surface area (Å²) >= 11 is 0. The predicted molar refractivity (Wildman–Crippen MR) is 96.9 cm³/mol. The van der Waals surface area contributed by atoms with Crippen LogP contribution >= 0.6 is 0 Å². The third kappa shape index (κ3) is 9.80. The van der Waals surface area contributed by atoms with Gasteiger partial charge in [-0.3, -0.25) is 19.3 Å². The summed E-state index contributed by atoms with van der Waals surface area (Å²) in [6.45, 7) is 2.11. The van der Waals surface area contributed by atoms with Gasteiger partial charge in [-0.05, 0) is 40.4 Å². The number of nitrogens with zero attached hydrogens (tertiary/aromatic N) is 2. The average Bonchev–Trinajstić information content (AvgIpc) is 2.91. The molecule has 0 aromatic carbocycles. The lowest BCUT2D eigenvalue weighted by Gasteiger charge is -2.23. The first-order valence-electron chi connectivity index (χ1n) is 8.89. The molecule has 1 atom stereocenters. The van der Waals surface area contributed by atoms with E-state index in [0.29, 0.717) is 18.0 Å². The predicted octanol–water partition coefficient (Wildman–Crippen LogP) is -0.636. The van der Waals surface area contributed by atoms with Gasteiger partial charge in [0.2, 0.25) is 5.91 Å². The number of nitrogens with two attached hydrogens (primary N) is 1. The summed E-state index contributed by atoms with van der Waals surface area (Å²) in [4.78, 5) is 61.8. The first-order chi connectivity index (χ1) is 12.8. The van der Waals surface area contributed by atoms with Gasteiger partial charge in [-0.1, -0.05) is 6.42 Å². The van der Waals surface area contributed by atoms with E-state index in [-0.39, 0.29) is 37.8 Å². The number of hydrogen-bond acceptors (Lipinski definition) is 8. The van der Waals surface area contributed by atoms with Crippen molar-refractivity contribution in [1.29, 1.82) is 0 Å². The Hall–Kier alpha value is -2.33. The van der Waals surface area contributed by atoms with Crippen LogP contribution < -0.4 is 11.1 Å². The van der Waals surface area contributed by atoms with E-state index in [2.05, 4.69) is 5.32 Å². The van der Waals surface area contributed by atoms with Crippen LogP contribution in [0.3, 0.4) is 0 Å². The van der Waals surface area contributed by atoms with E-state index in [0.717, 1.165) is 19.1 Å². The molecule has 27 heavy (non-hydrogen) atoms. The van der Waals surface area contributed by atoms with Crippen LogP contribution in [0.5, 0.6) is 0 Å². The number of hydrogen-bond donors (Lipinski definition) is 2. The van der Waals surface area contributed by atoms with Gasteiger partial charge in [0.15, 0.2) is 0 Å². The van der Waals surface area contributed by atoms with Gasteiger partial charge in [0.1, 0.15) is 6.29 Å². The normalized spacial score (nSPS) is 14.5. The van der Waals surface area contributed by atoms with Crippen molar-refractivity contribution in [3.63, 3.8) is 0 Å². The van der Waals surface area contributed by atoms with Gasteiger partial charge < -0.3 is 20.7 Å². The second-order valence-corrected chi connectivity index (χ2v) is 6.09. The number of unbranched alkanes of at least 4 members (excludes halogenated alkanes) is 1. The molecule has 1 unspecified atom stereocenters. The SMILES string of the molecule is CN(C)C(CCC[13CH2][15NH2])C(=O)NCCC(=O)ON1C(=O)CCC1=O.[13CH3][13CH]=O. The van der Waals surface area contributed by atoms with Crippen molar-refractivity contribution < 1.29 is 28.8 Å². The quantitative estimate of drug-likeness (QED) is 0.165. The van der Waals surface area contributed by atoms with Gasteiger partial charge in [-0.25, -0.2) is 4.79 Å². The molecule has 3 amide bonds. The number of carbonyl (C=O) groups excluding carboxylic acids is 5. The summed E-state index contributed by atoms with van der Waals surface area (Å²) in [5.74, 6) is -1.96. The van der Waals surface area contributed by atoms with E-state index in [4.69, 9.17) is 15.4 Å². The Morgan fingerprint density at radius 3 is 2.30 bits per heavy atom. The first-order valence-corrected chi connectivity index (χ1v) is 8.89. The lowest BCUT2D eigenvalue weighted by Crippen LogP contribution is -2.44. The molecule has 154 valence electrons. The average molecular weight is 390 g/mol. The van der Waals surface area contributed by atoms with Gasteiger partial charge in [0, 0.05) is 19.4 Å². The van der Waals surface area contributed by atoms with Crippen LogP contribution in [0.15, 0.2) is 0 Å². The molecular weight excluding hydrogens is 360 g/mol. The maximum Gasteiger partial charge on any atom is 0.334 e. The number of rotatable bonds is 10. The summed E-state index contributed by atoms with van der Waals surface area (Å²) in [6.07, 6.45) is 3.10. The van der Waals surface area contributed by atoms with Crippen LogP contribution in [0.25, 0.3) is 0 Å². The zero-order valence-electron chi connectivity index (χ0n) is 16.2. The minimum absolute atomic E-state index is 0.0517. The van der Waals surface area contributed by atoms with Crippen molar-refractivity contribution in [1.82, 2.24) is 15.3 Å². The maximum atomic E-state index is 12.2. The Labute approximate surface area is 159 Å². The summed E-state index contributed by atoms with van der Waals surface area (Å²) in [7, 11) is 3.62. The lowest BCUT2D eigenvalue weighted by molar-refractivity contribution is -0.197.